The number of alkyl halides is 3. The third kappa shape index (κ3) is 5.90. The Hall–Kier alpha value is -1.32. The van der Waals surface area contributed by atoms with E-state index < -0.39 is 22.9 Å². The molecular formula is C10H14F3N3O2S. The van der Waals surface area contributed by atoms with Crippen LogP contribution in [-0.2, 0) is 10.2 Å². The highest BCUT2D eigenvalue weighted by Gasteiger charge is 2.29. The number of anilines is 1. The van der Waals surface area contributed by atoms with Gasteiger partial charge in [-0.3, -0.25) is 4.72 Å². The van der Waals surface area contributed by atoms with Gasteiger partial charge in [0.05, 0.1) is 5.69 Å². The van der Waals surface area contributed by atoms with Crippen LogP contribution in [0.4, 0.5) is 18.9 Å². The molecule has 0 spiro atoms. The quantitative estimate of drug-likeness (QED) is 0.770. The zero-order chi connectivity index (χ0) is 14.7. The summed E-state index contributed by atoms with van der Waals surface area (Å²) in [7, 11) is -4.27. The molecule has 0 fully saturated rings. The first-order valence-corrected chi connectivity index (χ1v) is 6.77. The molecule has 1 unspecified atom stereocenters. The summed E-state index contributed by atoms with van der Waals surface area (Å²) < 4.78 is 61.9. The van der Waals surface area contributed by atoms with Crippen LogP contribution in [-0.4, -0.2) is 21.1 Å². The van der Waals surface area contributed by atoms with Crippen molar-refractivity contribution >= 4 is 15.9 Å². The Morgan fingerprint density at radius 2 is 2.00 bits per heavy atom. The lowest BCUT2D eigenvalue weighted by Gasteiger charge is -2.12. The number of nitrogens with two attached hydrogens (primary N) is 1. The van der Waals surface area contributed by atoms with Crippen molar-refractivity contribution in [3.8, 4) is 0 Å². The van der Waals surface area contributed by atoms with Gasteiger partial charge in [0.2, 0.25) is 0 Å². The van der Waals surface area contributed by atoms with Crippen LogP contribution in [0.15, 0.2) is 24.3 Å². The van der Waals surface area contributed by atoms with Crippen LogP contribution in [0.25, 0.3) is 0 Å². The van der Waals surface area contributed by atoms with Crippen LogP contribution in [0.5, 0.6) is 0 Å². The highest BCUT2D eigenvalue weighted by atomic mass is 32.2. The highest BCUT2D eigenvalue weighted by Crippen LogP contribution is 2.17. The van der Waals surface area contributed by atoms with Crippen LogP contribution < -0.4 is 15.2 Å². The maximum Gasteiger partial charge on any atom is 0.402 e. The Labute approximate surface area is 109 Å². The normalized spacial score (nSPS) is 14.2. The van der Waals surface area contributed by atoms with E-state index >= 15 is 0 Å². The number of hydrogen-bond acceptors (Lipinski definition) is 3. The molecule has 1 aromatic rings. The molecule has 0 amide bonds. The second kappa shape index (κ2) is 5.76. The predicted octanol–water partition coefficient (Wildman–Crippen LogP) is 1.51. The molecule has 1 atom stereocenters. The second-order valence-electron chi connectivity index (χ2n) is 3.96. The molecule has 0 bridgehead atoms. The van der Waals surface area contributed by atoms with E-state index in [0.29, 0.717) is 5.56 Å². The van der Waals surface area contributed by atoms with Crippen LogP contribution >= 0.6 is 0 Å². The topological polar surface area (TPSA) is 84.2 Å². The van der Waals surface area contributed by atoms with Gasteiger partial charge in [0.1, 0.15) is 6.54 Å². The minimum atomic E-state index is -4.61. The Balaban J connectivity index is 2.75. The second-order valence-corrected chi connectivity index (χ2v) is 5.46. The molecule has 0 aliphatic heterocycles. The van der Waals surface area contributed by atoms with Crippen molar-refractivity contribution in [3.63, 3.8) is 0 Å². The van der Waals surface area contributed by atoms with Crippen molar-refractivity contribution in [2.45, 2.75) is 19.1 Å². The van der Waals surface area contributed by atoms with E-state index in [9.17, 15) is 21.6 Å². The first kappa shape index (κ1) is 15.7. The summed E-state index contributed by atoms with van der Waals surface area (Å²) in [5.74, 6) is 0. The summed E-state index contributed by atoms with van der Waals surface area (Å²) in [5, 5.41) is 0. The molecule has 0 radical (unpaired) electrons. The lowest BCUT2D eigenvalue weighted by Crippen LogP contribution is -2.37. The van der Waals surface area contributed by atoms with Crippen molar-refractivity contribution in [1.29, 1.82) is 0 Å². The zero-order valence-corrected chi connectivity index (χ0v) is 10.8. The molecule has 9 heteroatoms. The van der Waals surface area contributed by atoms with Gasteiger partial charge in [0, 0.05) is 6.04 Å². The fourth-order valence-electron chi connectivity index (χ4n) is 1.25. The van der Waals surface area contributed by atoms with Crippen molar-refractivity contribution in [3.05, 3.63) is 29.8 Å². The van der Waals surface area contributed by atoms with Crippen LogP contribution in [0.3, 0.4) is 0 Å². The number of rotatable bonds is 5. The number of hydrogen-bond donors (Lipinski definition) is 3. The molecule has 1 aromatic carbocycles. The third-order valence-corrected chi connectivity index (χ3v) is 3.16. The van der Waals surface area contributed by atoms with E-state index in [0.717, 1.165) is 0 Å². The Bertz CT molecular complexity index is 529. The summed E-state index contributed by atoms with van der Waals surface area (Å²) in [6.45, 7) is 0.0742. The monoisotopic (exact) mass is 297 g/mol. The molecule has 108 valence electrons. The smallest absolute Gasteiger partial charge is 0.324 e. The number of halogens is 3. The standard InChI is InChI=1S/C10H14F3N3O2S/c1-7(14)8-3-2-4-9(5-8)16-19(17,18)15-6-10(11,12)13/h2-5,7,15-16H,6,14H2,1H3. The third-order valence-electron chi connectivity index (χ3n) is 2.13. The predicted molar refractivity (Wildman–Crippen MR) is 65.6 cm³/mol. The molecule has 0 heterocycles. The molecule has 1 rings (SSSR count). The van der Waals surface area contributed by atoms with E-state index in [4.69, 9.17) is 5.73 Å². The van der Waals surface area contributed by atoms with Crippen LogP contribution in [0.1, 0.15) is 18.5 Å². The summed E-state index contributed by atoms with van der Waals surface area (Å²) in [5.41, 5.74) is 6.43. The fourth-order valence-corrected chi connectivity index (χ4v) is 2.12. The molecular weight excluding hydrogens is 283 g/mol. The number of nitrogens with one attached hydrogen (secondary N) is 2. The molecule has 19 heavy (non-hydrogen) atoms. The van der Waals surface area contributed by atoms with Gasteiger partial charge in [-0.1, -0.05) is 12.1 Å². The minimum Gasteiger partial charge on any atom is -0.324 e. The molecule has 5 nitrogen and oxygen atoms in total. The maximum absolute atomic E-state index is 11.9. The van der Waals surface area contributed by atoms with Gasteiger partial charge in [-0.2, -0.15) is 26.3 Å². The van der Waals surface area contributed by atoms with Crippen molar-refractivity contribution in [1.82, 2.24) is 4.72 Å². The van der Waals surface area contributed by atoms with Crippen molar-refractivity contribution in [2.24, 2.45) is 5.73 Å². The summed E-state index contributed by atoms with van der Waals surface area (Å²) in [4.78, 5) is 0. The van der Waals surface area contributed by atoms with E-state index in [2.05, 4.69) is 0 Å². The summed E-state index contributed by atoms with van der Waals surface area (Å²) >= 11 is 0. The first-order valence-electron chi connectivity index (χ1n) is 5.29. The van der Waals surface area contributed by atoms with E-state index in [1.807, 2.05) is 4.72 Å². The maximum atomic E-state index is 11.9. The van der Waals surface area contributed by atoms with Gasteiger partial charge in [-0.05, 0) is 24.6 Å². The molecule has 4 N–H and O–H groups in total. The van der Waals surface area contributed by atoms with E-state index in [1.54, 1.807) is 19.1 Å². The Kier molecular flexibility index (Phi) is 4.77. The van der Waals surface area contributed by atoms with Gasteiger partial charge in [-0.15, -0.1) is 0 Å². The fraction of sp³-hybridized carbons (Fsp3) is 0.400. The average Bonchev–Trinajstić information content (AvgIpc) is 2.25. The molecule has 0 aliphatic rings. The first-order chi connectivity index (χ1) is 8.59. The largest absolute Gasteiger partial charge is 0.402 e. The summed E-state index contributed by atoms with van der Waals surface area (Å²) in [6, 6.07) is 5.80. The molecule has 0 aromatic heterocycles. The van der Waals surface area contributed by atoms with Crippen LogP contribution in [0.2, 0.25) is 0 Å². The number of benzene rings is 1. The van der Waals surface area contributed by atoms with Crippen molar-refractivity contribution in [2.75, 3.05) is 11.3 Å². The van der Waals surface area contributed by atoms with Gasteiger partial charge in [0.15, 0.2) is 0 Å². The highest BCUT2D eigenvalue weighted by molar-refractivity contribution is 7.90. The zero-order valence-electron chi connectivity index (χ0n) is 10.0. The molecule has 0 saturated carbocycles. The Morgan fingerprint density at radius 1 is 1.37 bits per heavy atom. The van der Waals surface area contributed by atoms with Gasteiger partial charge in [-0.25, -0.2) is 0 Å². The molecule has 0 aliphatic carbocycles. The average molecular weight is 297 g/mol. The lowest BCUT2D eigenvalue weighted by atomic mass is 10.1. The van der Waals surface area contributed by atoms with Gasteiger partial charge < -0.3 is 5.73 Å². The van der Waals surface area contributed by atoms with E-state index in [-0.39, 0.29) is 11.7 Å². The van der Waals surface area contributed by atoms with Gasteiger partial charge >= 0.3 is 6.18 Å². The molecule has 0 saturated heterocycles. The minimum absolute atomic E-state index is 0.143. The lowest BCUT2D eigenvalue weighted by molar-refractivity contribution is -0.121. The Morgan fingerprint density at radius 3 is 2.53 bits per heavy atom. The van der Waals surface area contributed by atoms with E-state index in [1.165, 1.54) is 16.9 Å². The van der Waals surface area contributed by atoms with Crippen molar-refractivity contribution < 1.29 is 21.6 Å². The van der Waals surface area contributed by atoms with Gasteiger partial charge in [0.25, 0.3) is 10.2 Å². The SMILES string of the molecule is CC(N)c1cccc(NS(=O)(=O)NCC(F)(F)F)c1. The summed E-state index contributed by atoms with van der Waals surface area (Å²) in [6.07, 6.45) is -4.61. The van der Waals surface area contributed by atoms with Crippen LogP contribution in [0, 0.1) is 0 Å².